The van der Waals surface area contributed by atoms with Gasteiger partial charge < -0.3 is 0 Å². The van der Waals surface area contributed by atoms with Gasteiger partial charge in [0, 0.05) is 0 Å². The van der Waals surface area contributed by atoms with E-state index in [0.29, 0.717) is 0 Å². The number of hydrogen-bond acceptors (Lipinski definition) is 0. The second-order valence-corrected chi connectivity index (χ2v) is 4.31. The molecule has 0 aromatic carbocycles. The smallest absolute Gasteiger partial charge is 0.0232 e. The Balaban J connectivity index is 2.16. The summed E-state index contributed by atoms with van der Waals surface area (Å²) in [6.07, 6.45) is 6.33. The Bertz CT molecular complexity index is 149. The molecule has 0 nitrogen and oxygen atoms in total. The predicted molar refractivity (Wildman–Crippen MR) is 32.5 cm³/mol. The molecule has 1 spiro atoms. The van der Waals surface area contributed by atoms with Gasteiger partial charge in [0.2, 0.25) is 0 Å². The summed E-state index contributed by atoms with van der Waals surface area (Å²) in [5, 5.41) is 0. The molecule has 0 heteroatoms. The highest BCUT2D eigenvalue weighted by Gasteiger charge is 2.79. The van der Waals surface area contributed by atoms with Gasteiger partial charge in [-0.2, -0.15) is 0 Å². The highest BCUT2D eigenvalue weighted by Crippen LogP contribution is 2.87. The van der Waals surface area contributed by atoms with Crippen molar-refractivity contribution in [3.05, 3.63) is 0 Å². The third-order valence-electron chi connectivity index (χ3n) is 4.30. The minimum atomic E-state index is 0.896. The third kappa shape index (κ3) is 0.167. The number of hydrogen-bond donors (Lipinski definition) is 0. The van der Waals surface area contributed by atoms with Crippen LogP contribution >= 0.6 is 0 Å². The highest BCUT2D eigenvalue weighted by atomic mass is 14.8. The Morgan fingerprint density at radius 2 is 2.38 bits per heavy atom. The molecule has 4 aliphatic carbocycles. The summed E-state index contributed by atoms with van der Waals surface area (Å²) >= 11 is 0. The van der Waals surface area contributed by atoms with Crippen molar-refractivity contribution in [2.45, 2.75) is 32.6 Å². The van der Waals surface area contributed by atoms with Crippen molar-refractivity contribution in [2.24, 2.45) is 16.7 Å². The van der Waals surface area contributed by atoms with E-state index in [1.807, 2.05) is 0 Å². The molecule has 0 aromatic rings. The van der Waals surface area contributed by atoms with E-state index in [-0.39, 0.29) is 0 Å². The first-order valence-corrected chi connectivity index (χ1v) is 3.77. The monoisotopic (exact) mass is 108 g/mol. The Kier molecular flexibility index (Phi) is 0.342. The molecule has 4 fully saturated rings. The van der Waals surface area contributed by atoms with Crippen molar-refractivity contribution in [1.29, 1.82) is 0 Å². The van der Waals surface area contributed by atoms with Crippen LogP contribution in [0.25, 0.3) is 0 Å². The van der Waals surface area contributed by atoms with E-state index < -0.39 is 0 Å². The van der Waals surface area contributed by atoms with Crippen molar-refractivity contribution in [3.8, 4) is 0 Å². The standard InChI is InChI=1S/C8H12/c1-7-5-8(7)3-2-6(7)4-8/h6H,2-5H2,1H3. The predicted octanol–water partition coefficient (Wildman–Crippen LogP) is 2.20. The summed E-state index contributed by atoms with van der Waals surface area (Å²) in [5.74, 6) is 1.17. The first-order valence-electron chi connectivity index (χ1n) is 3.77. The van der Waals surface area contributed by atoms with Crippen molar-refractivity contribution < 1.29 is 0 Å². The first kappa shape index (κ1) is 3.92. The summed E-state index contributed by atoms with van der Waals surface area (Å²) in [6, 6.07) is 0. The van der Waals surface area contributed by atoms with Gasteiger partial charge in [0.25, 0.3) is 0 Å². The lowest BCUT2D eigenvalue weighted by Gasteiger charge is -2.31. The van der Waals surface area contributed by atoms with Crippen LogP contribution in [0, 0.1) is 16.7 Å². The third-order valence-corrected chi connectivity index (χ3v) is 4.30. The summed E-state index contributed by atoms with van der Waals surface area (Å²) < 4.78 is 0. The lowest BCUT2D eigenvalue weighted by atomic mass is 9.74. The van der Waals surface area contributed by atoms with Gasteiger partial charge in [0.1, 0.15) is 0 Å². The van der Waals surface area contributed by atoms with E-state index in [4.69, 9.17) is 0 Å². The zero-order valence-corrected chi connectivity index (χ0v) is 5.41. The van der Waals surface area contributed by atoms with Crippen LogP contribution in [0.2, 0.25) is 0 Å². The minimum absolute atomic E-state index is 0.896. The fraction of sp³-hybridized carbons (Fsp3) is 1.00. The molecule has 0 aliphatic heterocycles. The molecule has 0 amide bonds. The van der Waals surface area contributed by atoms with E-state index in [1.54, 1.807) is 25.7 Å². The Morgan fingerprint density at radius 1 is 1.50 bits per heavy atom. The summed E-state index contributed by atoms with van der Waals surface area (Å²) in [7, 11) is 0. The van der Waals surface area contributed by atoms with Crippen LogP contribution in [-0.4, -0.2) is 0 Å². The summed E-state index contributed by atoms with van der Waals surface area (Å²) in [4.78, 5) is 0. The van der Waals surface area contributed by atoms with Crippen molar-refractivity contribution in [3.63, 3.8) is 0 Å². The van der Waals surface area contributed by atoms with Gasteiger partial charge in [0.15, 0.2) is 0 Å². The molecule has 4 aliphatic rings. The van der Waals surface area contributed by atoms with Crippen molar-refractivity contribution in [1.82, 2.24) is 0 Å². The second-order valence-electron chi connectivity index (χ2n) is 4.31. The molecule has 0 saturated heterocycles. The Labute approximate surface area is 50.3 Å². The molecule has 0 radical (unpaired) electrons. The maximum Gasteiger partial charge on any atom is -0.0232 e. The van der Waals surface area contributed by atoms with Gasteiger partial charge in [-0.3, -0.25) is 0 Å². The Hall–Kier alpha value is 0. The molecule has 0 N–H and O–H groups in total. The molecular weight excluding hydrogens is 96.1 g/mol. The highest BCUT2D eigenvalue weighted by molar-refractivity contribution is 5.28. The van der Waals surface area contributed by atoms with Gasteiger partial charge in [-0.25, -0.2) is 0 Å². The largest absolute Gasteiger partial charge is 0.0588 e. The average Bonchev–Trinajstić information content (AvgIpc) is 2.11. The molecule has 8 heavy (non-hydrogen) atoms. The van der Waals surface area contributed by atoms with E-state index in [2.05, 4.69) is 6.92 Å². The van der Waals surface area contributed by atoms with Gasteiger partial charge >= 0.3 is 0 Å². The molecular formula is C8H12. The molecule has 4 rings (SSSR count). The minimum Gasteiger partial charge on any atom is -0.0588 e. The van der Waals surface area contributed by atoms with Gasteiger partial charge in [0.05, 0.1) is 0 Å². The zero-order valence-electron chi connectivity index (χ0n) is 5.41. The topological polar surface area (TPSA) is 0 Å². The van der Waals surface area contributed by atoms with Crippen LogP contribution in [0.1, 0.15) is 32.6 Å². The maximum atomic E-state index is 2.49. The van der Waals surface area contributed by atoms with Crippen LogP contribution in [0.15, 0.2) is 0 Å². The maximum absolute atomic E-state index is 2.49. The SMILES string of the molecule is CC12CC13CCC2C3. The summed E-state index contributed by atoms with van der Waals surface area (Å²) in [6.45, 7) is 2.49. The van der Waals surface area contributed by atoms with Gasteiger partial charge in [-0.1, -0.05) is 6.92 Å². The lowest BCUT2D eigenvalue weighted by Crippen LogP contribution is -2.24. The van der Waals surface area contributed by atoms with Crippen LogP contribution in [0.4, 0.5) is 0 Å². The first-order chi connectivity index (χ1) is 3.77. The molecule has 3 atom stereocenters. The quantitative estimate of drug-likeness (QED) is 0.446. The normalized spacial score (nSPS) is 73.9. The van der Waals surface area contributed by atoms with E-state index in [1.165, 1.54) is 5.92 Å². The second kappa shape index (κ2) is 0.698. The molecule has 44 valence electrons. The lowest BCUT2D eigenvalue weighted by molar-refractivity contribution is 0.177. The van der Waals surface area contributed by atoms with Crippen molar-refractivity contribution >= 4 is 0 Å². The van der Waals surface area contributed by atoms with E-state index in [0.717, 1.165) is 10.8 Å². The molecule has 3 unspecified atom stereocenters. The number of fused-ring (bicyclic) bond motifs is 1. The molecule has 2 bridgehead atoms. The fourth-order valence-corrected chi connectivity index (χ4v) is 3.45. The van der Waals surface area contributed by atoms with E-state index >= 15 is 0 Å². The van der Waals surface area contributed by atoms with E-state index in [9.17, 15) is 0 Å². The van der Waals surface area contributed by atoms with Crippen molar-refractivity contribution in [2.75, 3.05) is 0 Å². The average molecular weight is 108 g/mol. The summed E-state index contributed by atoms with van der Waals surface area (Å²) in [5.41, 5.74) is 1.84. The molecule has 4 saturated carbocycles. The van der Waals surface area contributed by atoms with Crippen LogP contribution in [-0.2, 0) is 0 Å². The fourth-order valence-electron chi connectivity index (χ4n) is 3.45. The van der Waals surface area contributed by atoms with Gasteiger partial charge in [-0.05, 0) is 42.4 Å². The number of rotatable bonds is 0. The molecule has 0 aromatic heterocycles. The van der Waals surface area contributed by atoms with Crippen LogP contribution < -0.4 is 0 Å². The molecule has 0 heterocycles. The van der Waals surface area contributed by atoms with Crippen LogP contribution in [0.5, 0.6) is 0 Å². The van der Waals surface area contributed by atoms with Gasteiger partial charge in [-0.15, -0.1) is 0 Å². The zero-order chi connectivity index (χ0) is 5.41. The van der Waals surface area contributed by atoms with Crippen LogP contribution in [0.3, 0.4) is 0 Å². The Morgan fingerprint density at radius 3 is 2.50 bits per heavy atom.